The van der Waals surface area contributed by atoms with Crippen LogP contribution in [0, 0.1) is 6.92 Å². The number of hydrogen-bond donors (Lipinski definition) is 3. The fourth-order valence-corrected chi connectivity index (χ4v) is 1.76. The number of nitrogens with zero attached hydrogens (tertiary/aromatic N) is 1. The van der Waals surface area contributed by atoms with Crippen LogP contribution in [0.4, 0.5) is 0 Å². The van der Waals surface area contributed by atoms with Crippen LogP contribution < -0.4 is 10.6 Å². The first-order chi connectivity index (χ1) is 9.49. The van der Waals surface area contributed by atoms with Crippen LogP contribution in [-0.4, -0.2) is 30.7 Å². The first-order valence-corrected chi connectivity index (χ1v) is 7.31. The van der Waals surface area contributed by atoms with Gasteiger partial charge in [0.05, 0.1) is 6.54 Å². The zero-order chi connectivity index (χ0) is 15.0. The summed E-state index contributed by atoms with van der Waals surface area (Å²) in [7, 11) is 0. The van der Waals surface area contributed by atoms with Crippen molar-refractivity contribution in [2.75, 3.05) is 19.6 Å². The van der Waals surface area contributed by atoms with Crippen LogP contribution in [-0.2, 0) is 5.60 Å². The van der Waals surface area contributed by atoms with Crippen molar-refractivity contribution in [3.63, 3.8) is 0 Å². The third kappa shape index (κ3) is 5.25. The Labute approximate surface area is 121 Å². The molecule has 0 saturated carbocycles. The predicted molar refractivity (Wildman–Crippen MR) is 81.9 cm³/mol. The minimum atomic E-state index is -1.10. The summed E-state index contributed by atoms with van der Waals surface area (Å²) in [6.07, 6.45) is 2.23. The molecule has 0 aliphatic carbocycles. The number of furan rings is 1. The summed E-state index contributed by atoms with van der Waals surface area (Å²) in [6.45, 7) is 9.66. The molecule has 114 valence electrons. The Morgan fingerprint density at radius 2 is 2.10 bits per heavy atom. The van der Waals surface area contributed by atoms with Crippen LogP contribution in [0.3, 0.4) is 0 Å². The lowest BCUT2D eigenvalue weighted by molar-refractivity contribution is 0.0428. The van der Waals surface area contributed by atoms with Gasteiger partial charge in [-0.3, -0.25) is 0 Å². The van der Waals surface area contributed by atoms with E-state index in [1.165, 1.54) is 0 Å². The Bertz CT molecular complexity index is 425. The zero-order valence-electron chi connectivity index (χ0n) is 13.0. The number of hydrogen-bond acceptors (Lipinski definition) is 3. The van der Waals surface area contributed by atoms with E-state index in [2.05, 4.69) is 22.5 Å². The molecule has 0 radical (unpaired) electrons. The van der Waals surface area contributed by atoms with E-state index in [1.54, 1.807) is 13.0 Å². The van der Waals surface area contributed by atoms with Gasteiger partial charge >= 0.3 is 0 Å². The molecule has 1 unspecified atom stereocenters. The lowest BCUT2D eigenvalue weighted by Crippen LogP contribution is -2.39. The number of aryl methyl sites for hydroxylation is 1. The second-order valence-electron chi connectivity index (χ2n) is 5.16. The molecule has 1 heterocycles. The molecule has 0 aliphatic heterocycles. The summed E-state index contributed by atoms with van der Waals surface area (Å²) < 4.78 is 5.48. The van der Waals surface area contributed by atoms with Gasteiger partial charge in [-0.2, -0.15) is 0 Å². The van der Waals surface area contributed by atoms with Crippen LogP contribution >= 0.6 is 0 Å². The fourth-order valence-electron chi connectivity index (χ4n) is 1.76. The molecule has 1 rings (SSSR count). The molecule has 1 aromatic heterocycles. The van der Waals surface area contributed by atoms with E-state index in [9.17, 15) is 5.11 Å². The van der Waals surface area contributed by atoms with Gasteiger partial charge in [0.15, 0.2) is 5.96 Å². The second-order valence-corrected chi connectivity index (χ2v) is 5.16. The van der Waals surface area contributed by atoms with Gasteiger partial charge in [0.1, 0.15) is 17.1 Å². The third-order valence-corrected chi connectivity index (χ3v) is 2.98. The van der Waals surface area contributed by atoms with Gasteiger partial charge in [-0.15, -0.1) is 0 Å². The quantitative estimate of drug-likeness (QED) is 0.407. The van der Waals surface area contributed by atoms with Crippen LogP contribution in [0.2, 0.25) is 0 Å². The van der Waals surface area contributed by atoms with Crippen molar-refractivity contribution in [1.29, 1.82) is 0 Å². The summed E-state index contributed by atoms with van der Waals surface area (Å²) in [5, 5.41) is 16.8. The van der Waals surface area contributed by atoms with Crippen LogP contribution in [0.25, 0.3) is 0 Å². The summed E-state index contributed by atoms with van der Waals surface area (Å²) in [5.41, 5.74) is -1.10. The maximum absolute atomic E-state index is 10.4. The van der Waals surface area contributed by atoms with E-state index >= 15 is 0 Å². The topological polar surface area (TPSA) is 69.8 Å². The number of guanidine groups is 1. The largest absolute Gasteiger partial charge is 0.463 e. The first kappa shape index (κ1) is 16.6. The minimum Gasteiger partial charge on any atom is -0.463 e. The normalized spacial score (nSPS) is 14.9. The molecule has 5 nitrogen and oxygen atoms in total. The molecule has 0 bridgehead atoms. The van der Waals surface area contributed by atoms with Crippen molar-refractivity contribution in [1.82, 2.24) is 10.6 Å². The number of aliphatic imine (C=N–C) groups is 1. The van der Waals surface area contributed by atoms with Crippen molar-refractivity contribution < 1.29 is 9.52 Å². The molecule has 0 aliphatic rings. The molecule has 1 atom stereocenters. The maximum Gasteiger partial charge on any atom is 0.191 e. The van der Waals surface area contributed by atoms with Crippen molar-refractivity contribution >= 4 is 5.96 Å². The van der Waals surface area contributed by atoms with Gasteiger partial charge in [0, 0.05) is 13.1 Å². The van der Waals surface area contributed by atoms with Gasteiger partial charge in [-0.1, -0.05) is 13.3 Å². The third-order valence-electron chi connectivity index (χ3n) is 2.98. The van der Waals surface area contributed by atoms with Gasteiger partial charge in [-0.05, 0) is 39.3 Å². The van der Waals surface area contributed by atoms with Gasteiger partial charge < -0.3 is 20.2 Å². The highest BCUT2D eigenvalue weighted by Gasteiger charge is 2.26. The minimum absolute atomic E-state index is 0.251. The highest BCUT2D eigenvalue weighted by atomic mass is 16.4. The van der Waals surface area contributed by atoms with E-state index < -0.39 is 5.60 Å². The Morgan fingerprint density at radius 3 is 2.65 bits per heavy atom. The molecule has 0 aromatic carbocycles. The van der Waals surface area contributed by atoms with Gasteiger partial charge in [0.2, 0.25) is 0 Å². The SMILES string of the molecule is CCCCNC(=NCC(C)(O)c1ccc(C)o1)NCC. The van der Waals surface area contributed by atoms with Crippen LogP contribution in [0.5, 0.6) is 0 Å². The monoisotopic (exact) mass is 281 g/mol. The number of aliphatic hydroxyl groups is 1. The first-order valence-electron chi connectivity index (χ1n) is 7.31. The van der Waals surface area contributed by atoms with Crippen molar-refractivity contribution in [2.45, 2.75) is 46.1 Å². The molecule has 20 heavy (non-hydrogen) atoms. The summed E-state index contributed by atoms with van der Waals surface area (Å²) in [5.74, 6) is 2.06. The second kappa shape index (κ2) is 7.94. The summed E-state index contributed by atoms with van der Waals surface area (Å²) >= 11 is 0. The van der Waals surface area contributed by atoms with E-state index in [0.717, 1.165) is 37.7 Å². The summed E-state index contributed by atoms with van der Waals surface area (Å²) in [4.78, 5) is 4.43. The van der Waals surface area contributed by atoms with Crippen LogP contribution in [0.1, 0.15) is 45.1 Å². The number of nitrogens with one attached hydrogen (secondary N) is 2. The van der Waals surface area contributed by atoms with Crippen molar-refractivity contribution in [3.05, 3.63) is 23.7 Å². The van der Waals surface area contributed by atoms with Crippen molar-refractivity contribution in [2.24, 2.45) is 4.99 Å². The average molecular weight is 281 g/mol. The molecular weight excluding hydrogens is 254 g/mol. The average Bonchev–Trinajstić information content (AvgIpc) is 2.84. The molecule has 0 saturated heterocycles. The Morgan fingerprint density at radius 1 is 1.35 bits per heavy atom. The van der Waals surface area contributed by atoms with Gasteiger partial charge in [-0.25, -0.2) is 4.99 Å². The molecule has 1 aromatic rings. The van der Waals surface area contributed by atoms with Crippen molar-refractivity contribution in [3.8, 4) is 0 Å². The van der Waals surface area contributed by atoms with E-state index in [1.807, 2.05) is 19.9 Å². The predicted octanol–water partition coefficient (Wildman–Crippen LogP) is 2.15. The molecule has 0 fully saturated rings. The fraction of sp³-hybridized carbons (Fsp3) is 0.667. The van der Waals surface area contributed by atoms with E-state index in [4.69, 9.17) is 4.42 Å². The molecule has 3 N–H and O–H groups in total. The Hall–Kier alpha value is -1.49. The highest BCUT2D eigenvalue weighted by Crippen LogP contribution is 2.22. The summed E-state index contributed by atoms with van der Waals surface area (Å²) in [6, 6.07) is 3.64. The van der Waals surface area contributed by atoms with E-state index in [0.29, 0.717) is 5.76 Å². The molecule has 0 amide bonds. The van der Waals surface area contributed by atoms with Gasteiger partial charge in [0.25, 0.3) is 0 Å². The number of rotatable bonds is 7. The Kier molecular flexibility index (Phi) is 6.58. The smallest absolute Gasteiger partial charge is 0.191 e. The Balaban J connectivity index is 2.64. The molecule has 0 spiro atoms. The molecule has 5 heteroatoms. The highest BCUT2D eigenvalue weighted by molar-refractivity contribution is 5.79. The zero-order valence-corrected chi connectivity index (χ0v) is 13.0. The van der Waals surface area contributed by atoms with E-state index in [-0.39, 0.29) is 6.54 Å². The van der Waals surface area contributed by atoms with Crippen LogP contribution in [0.15, 0.2) is 21.5 Å². The lowest BCUT2D eigenvalue weighted by atomic mass is 10.0. The maximum atomic E-state index is 10.4. The lowest BCUT2D eigenvalue weighted by Gasteiger charge is -2.19. The number of unbranched alkanes of at least 4 members (excludes halogenated alkanes) is 1. The standard InChI is InChI=1S/C15H27N3O2/c1-5-7-10-17-14(16-6-2)18-11-15(4,19)13-9-8-12(3)20-13/h8-9,19H,5-7,10-11H2,1-4H3,(H2,16,17,18). The molecular formula is C15H27N3O2.